The molecule has 1 atom stereocenters. The Balaban J connectivity index is 1.70. The van der Waals surface area contributed by atoms with Crippen LogP contribution >= 0.6 is 0 Å². The predicted molar refractivity (Wildman–Crippen MR) is 98.5 cm³/mol. The summed E-state index contributed by atoms with van der Waals surface area (Å²) in [7, 11) is 0. The highest BCUT2D eigenvalue weighted by atomic mass is 16.5. The molecule has 2 heterocycles. The Labute approximate surface area is 148 Å². The fourth-order valence-corrected chi connectivity index (χ4v) is 2.86. The fourth-order valence-electron chi connectivity index (χ4n) is 2.86. The van der Waals surface area contributed by atoms with Crippen molar-refractivity contribution in [2.75, 3.05) is 25.0 Å². The molecule has 0 bridgehead atoms. The van der Waals surface area contributed by atoms with Crippen LogP contribution in [0.2, 0.25) is 0 Å². The van der Waals surface area contributed by atoms with Crippen molar-refractivity contribution in [3.63, 3.8) is 0 Å². The van der Waals surface area contributed by atoms with Gasteiger partial charge in [-0.05, 0) is 62.7 Å². The minimum atomic E-state index is -0.102. The molecule has 25 heavy (non-hydrogen) atoms. The quantitative estimate of drug-likeness (QED) is 0.754. The molecule has 1 saturated heterocycles. The van der Waals surface area contributed by atoms with E-state index >= 15 is 0 Å². The van der Waals surface area contributed by atoms with Crippen molar-refractivity contribution >= 4 is 17.4 Å². The molecule has 1 aliphatic rings. The highest BCUT2D eigenvalue weighted by Crippen LogP contribution is 2.21. The number of carbonyl (C=O) groups excluding carboxylic acids is 1. The molecular weight excluding hydrogens is 316 g/mol. The third-order valence-corrected chi connectivity index (χ3v) is 4.11. The summed E-state index contributed by atoms with van der Waals surface area (Å²) in [6.45, 7) is 4.41. The van der Waals surface area contributed by atoms with Crippen LogP contribution in [-0.2, 0) is 0 Å². The Bertz CT molecular complexity index is 697. The van der Waals surface area contributed by atoms with E-state index < -0.39 is 0 Å². The van der Waals surface area contributed by atoms with Crippen LogP contribution in [0.5, 0.6) is 5.75 Å². The molecule has 1 aromatic carbocycles. The molecule has 0 saturated carbocycles. The molecule has 0 radical (unpaired) electrons. The van der Waals surface area contributed by atoms with Crippen molar-refractivity contribution in [2.24, 2.45) is 0 Å². The average molecular weight is 340 g/mol. The summed E-state index contributed by atoms with van der Waals surface area (Å²) in [6.07, 6.45) is 3.76. The summed E-state index contributed by atoms with van der Waals surface area (Å²) in [5.74, 6) is 1.26. The van der Waals surface area contributed by atoms with Gasteiger partial charge in [0.05, 0.1) is 12.2 Å². The first kappa shape index (κ1) is 17.2. The second kappa shape index (κ2) is 8.48. The number of amides is 1. The minimum absolute atomic E-state index is 0.102. The molecule has 1 aromatic heterocycles. The maximum Gasteiger partial charge on any atom is 0.255 e. The van der Waals surface area contributed by atoms with E-state index in [-0.39, 0.29) is 11.9 Å². The van der Waals surface area contributed by atoms with Gasteiger partial charge in [-0.2, -0.15) is 0 Å². The zero-order valence-electron chi connectivity index (χ0n) is 14.4. The summed E-state index contributed by atoms with van der Waals surface area (Å²) < 4.78 is 5.44. The summed E-state index contributed by atoms with van der Waals surface area (Å²) in [5, 5.41) is 9.61. The summed E-state index contributed by atoms with van der Waals surface area (Å²) in [5.41, 5.74) is 1.40. The Morgan fingerprint density at radius 3 is 2.88 bits per heavy atom. The lowest BCUT2D eigenvalue weighted by Gasteiger charge is -2.24. The average Bonchev–Trinajstić information content (AvgIpc) is 2.65. The molecule has 0 aliphatic carbocycles. The van der Waals surface area contributed by atoms with Gasteiger partial charge >= 0.3 is 0 Å². The van der Waals surface area contributed by atoms with Crippen molar-refractivity contribution in [3.05, 3.63) is 48.2 Å². The first-order valence-corrected chi connectivity index (χ1v) is 8.72. The van der Waals surface area contributed by atoms with Gasteiger partial charge in [0.2, 0.25) is 0 Å². The van der Waals surface area contributed by atoms with Crippen LogP contribution in [0.4, 0.5) is 11.5 Å². The summed E-state index contributed by atoms with van der Waals surface area (Å²) in [4.78, 5) is 17.0. The highest BCUT2D eigenvalue weighted by Gasteiger charge is 2.18. The fraction of sp³-hybridized carbons (Fsp3) is 0.368. The predicted octanol–water partition coefficient (Wildman–Crippen LogP) is 2.71. The zero-order chi connectivity index (χ0) is 17.5. The standard InChI is InChI=1S/C19H24N4O2/c1-2-25-16-9-7-14(8-10-16)22-18-17(6-4-12-21-18)19(24)23-15-5-3-11-20-13-15/h4,6-10,12,15,20H,2-3,5,11,13H2,1H3,(H,21,22)(H,23,24)/t15-/m0/s1. The molecule has 0 unspecified atom stereocenters. The molecule has 132 valence electrons. The van der Waals surface area contributed by atoms with Gasteiger partial charge in [-0.25, -0.2) is 4.98 Å². The van der Waals surface area contributed by atoms with Crippen LogP contribution < -0.4 is 20.7 Å². The van der Waals surface area contributed by atoms with E-state index in [1.54, 1.807) is 18.3 Å². The van der Waals surface area contributed by atoms with Crippen molar-refractivity contribution in [2.45, 2.75) is 25.8 Å². The SMILES string of the molecule is CCOc1ccc(Nc2ncccc2C(=O)N[C@H]2CCCNC2)cc1. The van der Waals surface area contributed by atoms with Gasteiger partial charge in [0.25, 0.3) is 5.91 Å². The van der Waals surface area contributed by atoms with Crippen molar-refractivity contribution in [1.29, 1.82) is 0 Å². The van der Waals surface area contributed by atoms with E-state index in [1.807, 2.05) is 31.2 Å². The van der Waals surface area contributed by atoms with E-state index in [0.29, 0.717) is 18.0 Å². The number of hydrogen-bond donors (Lipinski definition) is 3. The van der Waals surface area contributed by atoms with E-state index in [9.17, 15) is 4.79 Å². The molecule has 6 heteroatoms. The van der Waals surface area contributed by atoms with Gasteiger partial charge in [-0.3, -0.25) is 4.79 Å². The number of nitrogens with zero attached hydrogens (tertiary/aromatic N) is 1. The van der Waals surface area contributed by atoms with Crippen LogP contribution in [0.3, 0.4) is 0 Å². The van der Waals surface area contributed by atoms with Gasteiger partial charge < -0.3 is 20.7 Å². The van der Waals surface area contributed by atoms with Gasteiger partial charge in [-0.15, -0.1) is 0 Å². The number of anilines is 2. The summed E-state index contributed by atoms with van der Waals surface area (Å²) in [6, 6.07) is 11.3. The number of benzene rings is 1. The second-order valence-corrected chi connectivity index (χ2v) is 6.00. The van der Waals surface area contributed by atoms with Crippen LogP contribution in [0.15, 0.2) is 42.6 Å². The number of rotatable bonds is 6. The number of ether oxygens (including phenoxy) is 1. The molecule has 1 aliphatic heterocycles. The summed E-state index contributed by atoms with van der Waals surface area (Å²) >= 11 is 0. The molecule has 1 amide bonds. The maximum atomic E-state index is 12.6. The number of carbonyl (C=O) groups is 1. The lowest BCUT2D eigenvalue weighted by molar-refractivity contribution is 0.0931. The van der Waals surface area contributed by atoms with Crippen LogP contribution in [0.25, 0.3) is 0 Å². The number of piperidine rings is 1. The van der Waals surface area contributed by atoms with Gasteiger partial charge in [0.15, 0.2) is 0 Å². The molecular formula is C19H24N4O2. The van der Waals surface area contributed by atoms with Crippen LogP contribution in [-0.4, -0.2) is 36.6 Å². The van der Waals surface area contributed by atoms with E-state index in [1.165, 1.54) is 0 Å². The molecule has 3 N–H and O–H groups in total. The largest absolute Gasteiger partial charge is 0.494 e. The minimum Gasteiger partial charge on any atom is -0.494 e. The normalized spacial score (nSPS) is 16.9. The first-order chi connectivity index (χ1) is 12.3. The molecule has 3 rings (SSSR count). The van der Waals surface area contributed by atoms with Crippen LogP contribution in [0.1, 0.15) is 30.1 Å². The Morgan fingerprint density at radius 1 is 1.32 bits per heavy atom. The van der Waals surface area contributed by atoms with Crippen LogP contribution in [0, 0.1) is 0 Å². The second-order valence-electron chi connectivity index (χ2n) is 6.00. The number of nitrogens with one attached hydrogen (secondary N) is 3. The molecule has 1 fully saturated rings. The first-order valence-electron chi connectivity index (χ1n) is 8.72. The van der Waals surface area contributed by atoms with Crippen molar-refractivity contribution < 1.29 is 9.53 Å². The Kier molecular flexibility index (Phi) is 5.85. The van der Waals surface area contributed by atoms with E-state index in [0.717, 1.165) is 37.4 Å². The highest BCUT2D eigenvalue weighted by molar-refractivity contribution is 5.99. The number of hydrogen-bond acceptors (Lipinski definition) is 5. The van der Waals surface area contributed by atoms with Gasteiger partial charge in [-0.1, -0.05) is 0 Å². The monoisotopic (exact) mass is 340 g/mol. The Hall–Kier alpha value is -2.60. The number of aromatic nitrogens is 1. The molecule has 6 nitrogen and oxygen atoms in total. The molecule has 2 aromatic rings. The topological polar surface area (TPSA) is 75.3 Å². The third kappa shape index (κ3) is 4.70. The van der Waals surface area contributed by atoms with Crippen molar-refractivity contribution in [3.8, 4) is 5.75 Å². The van der Waals surface area contributed by atoms with E-state index in [4.69, 9.17) is 4.74 Å². The van der Waals surface area contributed by atoms with Crippen molar-refractivity contribution in [1.82, 2.24) is 15.6 Å². The van der Waals surface area contributed by atoms with Gasteiger partial charge in [0, 0.05) is 24.5 Å². The van der Waals surface area contributed by atoms with E-state index in [2.05, 4.69) is 20.9 Å². The lowest BCUT2D eigenvalue weighted by atomic mass is 10.1. The molecule has 0 spiro atoms. The Morgan fingerprint density at radius 2 is 2.16 bits per heavy atom. The third-order valence-electron chi connectivity index (χ3n) is 4.11. The van der Waals surface area contributed by atoms with Gasteiger partial charge in [0.1, 0.15) is 11.6 Å². The maximum absolute atomic E-state index is 12.6. The number of pyridine rings is 1. The zero-order valence-corrected chi connectivity index (χ0v) is 14.4. The lowest BCUT2D eigenvalue weighted by Crippen LogP contribution is -2.45. The smallest absolute Gasteiger partial charge is 0.255 e.